The molecule has 0 aliphatic heterocycles. The van der Waals surface area contributed by atoms with Crippen LogP contribution in [0.2, 0.25) is 0 Å². The number of H-pyrrole nitrogens is 1. The van der Waals surface area contributed by atoms with Gasteiger partial charge in [-0.3, -0.25) is 0 Å². The number of hydrogen-bond donors (Lipinski definition) is 1. The Hall–Kier alpha value is -3.60. The van der Waals surface area contributed by atoms with Crippen LogP contribution in [0, 0.1) is 12.7 Å². The summed E-state index contributed by atoms with van der Waals surface area (Å²) in [5, 5.41) is 0. The monoisotopic (exact) mass is 374 g/mol. The fraction of sp³-hybridized carbons (Fsp3) is 0.0870. The first-order chi connectivity index (χ1) is 13.7. The highest BCUT2D eigenvalue weighted by molar-refractivity contribution is 5.63. The van der Waals surface area contributed by atoms with E-state index in [1.165, 1.54) is 12.1 Å². The maximum absolute atomic E-state index is 13.0. The molecule has 140 valence electrons. The van der Waals surface area contributed by atoms with Crippen molar-refractivity contribution in [3.63, 3.8) is 0 Å². The second kappa shape index (κ2) is 7.96. The molecule has 0 aliphatic rings. The Bertz CT molecular complexity index is 1040. The number of aromatic amines is 1. The lowest BCUT2D eigenvalue weighted by Crippen LogP contribution is -1.97. The van der Waals surface area contributed by atoms with Gasteiger partial charge in [-0.15, -0.1) is 0 Å². The molecule has 0 amide bonds. The van der Waals surface area contributed by atoms with Crippen molar-refractivity contribution < 1.29 is 13.9 Å². The van der Waals surface area contributed by atoms with E-state index < -0.39 is 0 Å². The molecule has 5 heteroatoms. The number of aryl methyl sites for hydroxylation is 1. The van der Waals surface area contributed by atoms with Crippen molar-refractivity contribution in [3.05, 3.63) is 96.2 Å². The molecule has 0 saturated heterocycles. The van der Waals surface area contributed by atoms with Crippen LogP contribution in [0.4, 0.5) is 4.39 Å². The molecule has 0 spiro atoms. The van der Waals surface area contributed by atoms with E-state index >= 15 is 0 Å². The van der Waals surface area contributed by atoms with Gasteiger partial charge in [-0.05, 0) is 67.6 Å². The lowest BCUT2D eigenvalue weighted by atomic mass is 10.1. The van der Waals surface area contributed by atoms with Crippen LogP contribution in [-0.4, -0.2) is 9.97 Å². The fourth-order valence-electron chi connectivity index (χ4n) is 2.86. The molecule has 4 aromatic rings. The van der Waals surface area contributed by atoms with Crippen LogP contribution in [0.1, 0.15) is 11.5 Å². The number of rotatable bonds is 6. The van der Waals surface area contributed by atoms with Crippen molar-refractivity contribution in [1.29, 1.82) is 0 Å². The fourth-order valence-corrected chi connectivity index (χ4v) is 2.86. The Morgan fingerprint density at radius 3 is 2.14 bits per heavy atom. The summed E-state index contributed by atoms with van der Waals surface area (Å²) in [7, 11) is 0. The Morgan fingerprint density at radius 2 is 1.46 bits per heavy atom. The topological polar surface area (TPSA) is 47.1 Å². The van der Waals surface area contributed by atoms with Gasteiger partial charge in [0.05, 0.1) is 5.69 Å². The Balaban J connectivity index is 1.45. The van der Waals surface area contributed by atoms with E-state index in [1.807, 2.05) is 61.5 Å². The molecule has 1 N–H and O–H groups in total. The number of ether oxygens (including phenoxy) is 2. The van der Waals surface area contributed by atoms with E-state index in [-0.39, 0.29) is 5.82 Å². The summed E-state index contributed by atoms with van der Waals surface area (Å²) >= 11 is 0. The van der Waals surface area contributed by atoms with Crippen molar-refractivity contribution in [1.82, 2.24) is 9.97 Å². The SMILES string of the molecule is Cc1[nH]c(COc2ccccc2)nc1-c1ccc(Oc2ccc(F)cc2)cc1. The number of hydrogen-bond acceptors (Lipinski definition) is 3. The molecular formula is C23H19FN2O2. The summed E-state index contributed by atoms with van der Waals surface area (Å²) < 4.78 is 24.5. The second-order valence-electron chi connectivity index (χ2n) is 6.34. The smallest absolute Gasteiger partial charge is 0.146 e. The molecule has 28 heavy (non-hydrogen) atoms. The summed E-state index contributed by atoms with van der Waals surface area (Å²) in [6, 6.07) is 23.2. The van der Waals surface area contributed by atoms with Gasteiger partial charge in [-0.25, -0.2) is 9.37 Å². The summed E-state index contributed by atoms with van der Waals surface area (Å²) in [6.07, 6.45) is 0. The number of nitrogens with zero attached hydrogens (tertiary/aromatic N) is 1. The van der Waals surface area contributed by atoms with E-state index in [2.05, 4.69) is 9.97 Å². The highest BCUT2D eigenvalue weighted by Crippen LogP contribution is 2.27. The van der Waals surface area contributed by atoms with Crippen LogP contribution in [0.15, 0.2) is 78.9 Å². The number of aromatic nitrogens is 2. The Labute approximate surface area is 162 Å². The second-order valence-corrected chi connectivity index (χ2v) is 6.34. The van der Waals surface area contributed by atoms with Gasteiger partial charge in [-0.1, -0.05) is 18.2 Å². The normalized spacial score (nSPS) is 10.6. The minimum absolute atomic E-state index is 0.288. The van der Waals surface area contributed by atoms with Crippen molar-refractivity contribution in [2.24, 2.45) is 0 Å². The Kier molecular flexibility index (Phi) is 5.06. The molecule has 1 heterocycles. The third-order valence-corrected chi connectivity index (χ3v) is 4.23. The molecule has 0 unspecified atom stereocenters. The highest BCUT2D eigenvalue weighted by Gasteiger charge is 2.10. The van der Waals surface area contributed by atoms with Crippen molar-refractivity contribution in [3.8, 4) is 28.5 Å². The van der Waals surface area contributed by atoms with E-state index in [4.69, 9.17) is 9.47 Å². The molecule has 0 fully saturated rings. The first kappa shape index (κ1) is 17.8. The molecule has 3 aromatic carbocycles. The number of para-hydroxylation sites is 1. The van der Waals surface area contributed by atoms with E-state index in [1.54, 1.807) is 12.1 Å². The molecule has 0 aliphatic carbocycles. The van der Waals surface area contributed by atoms with Gasteiger partial charge in [0.25, 0.3) is 0 Å². The standard InChI is InChI=1S/C23H19FN2O2/c1-16-23(26-22(25-16)15-27-19-5-3-2-4-6-19)17-7-11-20(12-8-17)28-21-13-9-18(24)10-14-21/h2-14H,15H2,1H3,(H,25,26). The zero-order valence-electron chi connectivity index (χ0n) is 15.4. The van der Waals surface area contributed by atoms with Gasteiger partial charge < -0.3 is 14.5 Å². The van der Waals surface area contributed by atoms with Crippen molar-refractivity contribution in [2.75, 3.05) is 0 Å². The first-order valence-electron chi connectivity index (χ1n) is 8.94. The summed E-state index contributed by atoms with van der Waals surface area (Å²) in [5.74, 6) is 2.55. The van der Waals surface area contributed by atoms with Crippen LogP contribution in [0.5, 0.6) is 17.2 Å². The van der Waals surface area contributed by atoms with Crippen LogP contribution < -0.4 is 9.47 Å². The van der Waals surface area contributed by atoms with Crippen molar-refractivity contribution in [2.45, 2.75) is 13.5 Å². The first-order valence-corrected chi connectivity index (χ1v) is 8.94. The highest BCUT2D eigenvalue weighted by atomic mass is 19.1. The van der Waals surface area contributed by atoms with Crippen LogP contribution in [-0.2, 0) is 6.61 Å². The minimum Gasteiger partial charge on any atom is -0.486 e. The third-order valence-electron chi connectivity index (χ3n) is 4.23. The predicted molar refractivity (Wildman–Crippen MR) is 106 cm³/mol. The van der Waals surface area contributed by atoms with Gasteiger partial charge in [-0.2, -0.15) is 0 Å². The molecule has 0 radical (unpaired) electrons. The number of imidazole rings is 1. The predicted octanol–water partition coefficient (Wildman–Crippen LogP) is 5.90. The largest absolute Gasteiger partial charge is 0.486 e. The lowest BCUT2D eigenvalue weighted by molar-refractivity contribution is 0.297. The minimum atomic E-state index is -0.288. The zero-order chi connectivity index (χ0) is 19.3. The summed E-state index contributed by atoms with van der Waals surface area (Å²) in [6.45, 7) is 2.36. The zero-order valence-corrected chi connectivity index (χ0v) is 15.4. The van der Waals surface area contributed by atoms with Crippen LogP contribution in [0.25, 0.3) is 11.3 Å². The quantitative estimate of drug-likeness (QED) is 0.457. The van der Waals surface area contributed by atoms with Gasteiger partial charge in [0, 0.05) is 11.3 Å². The van der Waals surface area contributed by atoms with Crippen molar-refractivity contribution >= 4 is 0 Å². The van der Waals surface area contributed by atoms with E-state index in [9.17, 15) is 4.39 Å². The maximum atomic E-state index is 13.0. The van der Waals surface area contributed by atoms with Crippen LogP contribution >= 0.6 is 0 Å². The third kappa shape index (κ3) is 4.20. The number of halogens is 1. The molecule has 0 atom stereocenters. The summed E-state index contributed by atoms with van der Waals surface area (Å²) in [4.78, 5) is 7.93. The number of nitrogens with one attached hydrogen (secondary N) is 1. The average molecular weight is 374 g/mol. The van der Waals surface area contributed by atoms with Crippen LogP contribution in [0.3, 0.4) is 0 Å². The molecule has 0 saturated carbocycles. The van der Waals surface area contributed by atoms with Gasteiger partial charge in [0.15, 0.2) is 0 Å². The van der Waals surface area contributed by atoms with Gasteiger partial charge in [0.2, 0.25) is 0 Å². The maximum Gasteiger partial charge on any atom is 0.146 e. The van der Waals surface area contributed by atoms with E-state index in [0.29, 0.717) is 18.1 Å². The van der Waals surface area contributed by atoms with E-state index in [0.717, 1.165) is 28.5 Å². The molecule has 4 nitrogen and oxygen atoms in total. The molecular weight excluding hydrogens is 355 g/mol. The Morgan fingerprint density at radius 1 is 0.821 bits per heavy atom. The van der Waals surface area contributed by atoms with Gasteiger partial charge >= 0.3 is 0 Å². The average Bonchev–Trinajstić information content (AvgIpc) is 3.10. The van der Waals surface area contributed by atoms with Gasteiger partial charge in [0.1, 0.15) is 35.5 Å². The summed E-state index contributed by atoms with van der Waals surface area (Å²) in [5.41, 5.74) is 2.82. The molecule has 4 rings (SSSR count). The lowest BCUT2D eigenvalue weighted by Gasteiger charge is -2.06. The molecule has 1 aromatic heterocycles. The number of benzene rings is 3. The molecule has 0 bridgehead atoms.